The van der Waals surface area contributed by atoms with E-state index >= 15 is 0 Å². The Morgan fingerprint density at radius 1 is 1.19 bits per heavy atom. The molecule has 0 heterocycles. The van der Waals surface area contributed by atoms with E-state index < -0.39 is 0 Å². The van der Waals surface area contributed by atoms with E-state index in [1.54, 1.807) is 18.2 Å². The highest BCUT2D eigenvalue weighted by Crippen LogP contribution is 2.19. The van der Waals surface area contributed by atoms with E-state index in [0.717, 1.165) is 16.5 Å². The number of phenols is 1. The zero-order valence-corrected chi connectivity index (χ0v) is 13.3. The Morgan fingerprint density at radius 3 is 2.57 bits per heavy atom. The molecule has 0 aliphatic heterocycles. The summed E-state index contributed by atoms with van der Waals surface area (Å²) in [6.07, 6.45) is 0.773. The Hall–Kier alpha value is -2.01. The Balaban J connectivity index is 1.81. The van der Waals surface area contributed by atoms with Gasteiger partial charge < -0.3 is 15.7 Å². The predicted octanol–water partition coefficient (Wildman–Crippen LogP) is 3.83. The van der Waals surface area contributed by atoms with Crippen LogP contribution in [0.5, 0.6) is 5.75 Å². The summed E-state index contributed by atoms with van der Waals surface area (Å²) in [5, 5.41) is 14.9. The van der Waals surface area contributed by atoms with Gasteiger partial charge in [0, 0.05) is 16.7 Å². The third kappa shape index (κ3) is 4.79. The molecule has 0 aromatic heterocycles. The van der Waals surface area contributed by atoms with Gasteiger partial charge >= 0.3 is 6.03 Å². The van der Waals surface area contributed by atoms with E-state index in [1.165, 1.54) is 5.56 Å². The molecule has 2 rings (SSSR count). The number of aryl methyl sites for hydroxylation is 1. The molecule has 0 saturated heterocycles. The van der Waals surface area contributed by atoms with Crippen molar-refractivity contribution < 1.29 is 9.90 Å². The molecule has 5 heteroatoms. The first-order chi connectivity index (χ1) is 10.0. The van der Waals surface area contributed by atoms with Crippen molar-refractivity contribution in [2.24, 2.45) is 0 Å². The summed E-state index contributed by atoms with van der Waals surface area (Å²) in [5.74, 6) is 0.189. The second-order valence-corrected chi connectivity index (χ2v) is 5.67. The molecule has 2 aromatic carbocycles. The number of hydrogen-bond donors (Lipinski definition) is 3. The van der Waals surface area contributed by atoms with Gasteiger partial charge in [0.05, 0.1) is 0 Å². The summed E-state index contributed by atoms with van der Waals surface area (Å²) < 4.78 is 1.04. The van der Waals surface area contributed by atoms with Crippen LogP contribution in [0.25, 0.3) is 0 Å². The van der Waals surface area contributed by atoms with Crippen molar-refractivity contribution in [3.05, 3.63) is 58.1 Å². The molecule has 0 unspecified atom stereocenters. The third-order valence-corrected chi connectivity index (χ3v) is 3.60. The maximum absolute atomic E-state index is 11.8. The first-order valence-corrected chi connectivity index (χ1v) is 7.43. The minimum atomic E-state index is -0.249. The first-order valence-electron chi connectivity index (χ1n) is 6.63. The minimum absolute atomic E-state index is 0.189. The Bertz CT molecular complexity index is 627. The van der Waals surface area contributed by atoms with Crippen molar-refractivity contribution in [3.63, 3.8) is 0 Å². The highest BCUT2D eigenvalue weighted by molar-refractivity contribution is 9.10. The van der Waals surface area contributed by atoms with Gasteiger partial charge in [-0.05, 0) is 54.8 Å². The van der Waals surface area contributed by atoms with Crippen LogP contribution in [0.2, 0.25) is 0 Å². The van der Waals surface area contributed by atoms with Crippen LogP contribution in [-0.4, -0.2) is 17.7 Å². The van der Waals surface area contributed by atoms with E-state index in [9.17, 15) is 9.90 Å². The number of halogens is 1. The van der Waals surface area contributed by atoms with E-state index in [1.807, 2.05) is 31.2 Å². The van der Waals surface area contributed by atoms with Gasteiger partial charge in [-0.2, -0.15) is 0 Å². The number of amides is 2. The molecule has 0 atom stereocenters. The van der Waals surface area contributed by atoms with Gasteiger partial charge in [0.1, 0.15) is 5.75 Å². The molecule has 0 saturated carbocycles. The van der Waals surface area contributed by atoms with Crippen LogP contribution in [0.1, 0.15) is 11.1 Å². The molecule has 0 aliphatic carbocycles. The number of urea groups is 1. The average Bonchev–Trinajstić information content (AvgIpc) is 2.44. The number of hydrogen-bond acceptors (Lipinski definition) is 2. The largest absolute Gasteiger partial charge is 0.508 e. The summed E-state index contributed by atoms with van der Waals surface area (Å²) in [6, 6.07) is 12.6. The quantitative estimate of drug-likeness (QED) is 0.735. The van der Waals surface area contributed by atoms with Crippen molar-refractivity contribution in [2.45, 2.75) is 13.3 Å². The normalized spacial score (nSPS) is 10.2. The van der Waals surface area contributed by atoms with Gasteiger partial charge in [-0.25, -0.2) is 4.79 Å². The average molecular weight is 349 g/mol. The fraction of sp³-hybridized carbons (Fsp3) is 0.188. The smallest absolute Gasteiger partial charge is 0.319 e. The molecule has 0 bridgehead atoms. The standard InChI is InChI=1S/C16H17BrN2O2/c1-11-10-14(20)6-7-15(11)19-16(21)18-9-8-12-2-4-13(17)5-3-12/h2-7,10,20H,8-9H2,1H3,(H2,18,19,21). The minimum Gasteiger partial charge on any atom is -0.508 e. The fourth-order valence-electron chi connectivity index (χ4n) is 1.93. The molecule has 2 amide bonds. The van der Waals surface area contributed by atoms with Crippen molar-refractivity contribution >= 4 is 27.6 Å². The van der Waals surface area contributed by atoms with E-state index in [2.05, 4.69) is 26.6 Å². The predicted molar refractivity (Wildman–Crippen MR) is 87.7 cm³/mol. The molecule has 0 aliphatic rings. The Morgan fingerprint density at radius 2 is 1.90 bits per heavy atom. The lowest BCUT2D eigenvalue weighted by Gasteiger charge is -2.10. The molecule has 0 spiro atoms. The van der Waals surface area contributed by atoms with Crippen LogP contribution in [0.3, 0.4) is 0 Å². The second-order valence-electron chi connectivity index (χ2n) is 4.76. The van der Waals surface area contributed by atoms with Crippen LogP contribution < -0.4 is 10.6 Å². The zero-order chi connectivity index (χ0) is 15.2. The highest BCUT2D eigenvalue weighted by atomic mass is 79.9. The maximum atomic E-state index is 11.8. The number of carbonyl (C=O) groups is 1. The number of nitrogens with one attached hydrogen (secondary N) is 2. The van der Waals surface area contributed by atoms with Gasteiger partial charge in [-0.3, -0.25) is 0 Å². The fourth-order valence-corrected chi connectivity index (χ4v) is 2.19. The summed E-state index contributed by atoms with van der Waals surface area (Å²) in [6.45, 7) is 2.39. The van der Waals surface area contributed by atoms with Gasteiger partial charge in [0.15, 0.2) is 0 Å². The van der Waals surface area contributed by atoms with E-state index in [0.29, 0.717) is 12.2 Å². The van der Waals surface area contributed by atoms with E-state index in [-0.39, 0.29) is 11.8 Å². The Labute approximate surface area is 132 Å². The SMILES string of the molecule is Cc1cc(O)ccc1NC(=O)NCCc1ccc(Br)cc1. The summed E-state index contributed by atoms with van der Waals surface area (Å²) >= 11 is 3.39. The van der Waals surface area contributed by atoms with Crippen molar-refractivity contribution in [1.82, 2.24) is 5.32 Å². The van der Waals surface area contributed by atoms with Crippen LogP contribution in [0.4, 0.5) is 10.5 Å². The molecule has 3 N–H and O–H groups in total. The molecule has 21 heavy (non-hydrogen) atoms. The van der Waals surface area contributed by atoms with Gasteiger partial charge in [0.2, 0.25) is 0 Å². The number of phenolic OH excluding ortho intramolecular Hbond substituents is 1. The summed E-state index contributed by atoms with van der Waals surface area (Å²) in [5.41, 5.74) is 2.67. The lowest BCUT2D eigenvalue weighted by molar-refractivity contribution is 0.252. The molecular weight excluding hydrogens is 332 g/mol. The third-order valence-electron chi connectivity index (χ3n) is 3.07. The van der Waals surface area contributed by atoms with Crippen molar-refractivity contribution in [1.29, 1.82) is 0 Å². The van der Waals surface area contributed by atoms with E-state index in [4.69, 9.17) is 0 Å². The second kappa shape index (κ2) is 7.13. The van der Waals surface area contributed by atoms with Crippen molar-refractivity contribution in [2.75, 3.05) is 11.9 Å². The van der Waals surface area contributed by atoms with Crippen LogP contribution in [0.15, 0.2) is 46.9 Å². The number of benzene rings is 2. The van der Waals surface area contributed by atoms with Crippen molar-refractivity contribution in [3.8, 4) is 5.75 Å². The van der Waals surface area contributed by atoms with Gasteiger partial charge in [-0.15, -0.1) is 0 Å². The number of aromatic hydroxyl groups is 1. The van der Waals surface area contributed by atoms with Crippen LogP contribution >= 0.6 is 15.9 Å². The first kappa shape index (κ1) is 15.4. The monoisotopic (exact) mass is 348 g/mol. The molecule has 2 aromatic rings. The molecule has 4 nitrogen and oxygen atoms in total. The topological polar surface area (TPSA) is 61.4 Å². The van der Waals surface area contributed by atoms with Gasteiger partial charge in [0.25, 0.3) is 0 Å². The maximum Gasteiger partial charge on any atom is 0.319 e. The molecule has 110 valence electrons. The number of rotatable bonds is 4. The van der Waals surface area contributed by atoms with Crippen LogP contribution in [0, 0.1) is 6.92 Å². The molecule has 0 radical (unpaired) electrons. The molecule has 0 fully saturated rings. The highest BCUT2D eigenvalue weighted by Gasteiger charge is 2.04. The summed E-state index contributed by atoms with van der Waals surface area (Å²) in [7, 11) is 0. The molecular formula is C16H17BrN2O2. The lowest BCUT2D eigenvalue weighted by atomic mass is 10.1. The van der Waals surface area contributed by atoms with Gasteiger partial charge in [-0.1, -0.05) is 28.1 Å². The van der Waals surface area contributed by atoms with Crippen LogP contribution in [-0.2, 0) is 6.42 Å². The summed E-state index contributed by atoms with van der Waals surface area (Å²) in [4.78, 5) is 11.8. The Kier molecular flexibility index (Phi) is 5.22. The lowest BCUT2D eigenvalue weighted by Crippen LogP contribution is -2.30. The number of carbonyl (C=O) groups excluding carboxylic acids is 1. The zero-order valence-electron chi connectivity index (χ0n) is 11.7. The number of anilines is 1.